The molecule has 0 unspecified atom stereocenters. The quantitative estimate of drug-likeness (QED) is 0.567. The van der Waals surface area contributed by atoms with Crippen molar-refractivity contribution in [1.29, 1.82) is 5.26 Å². The molecule has 1 aromatic rings. The van der Waals surface area contributed by atoms with E-state index in [2.05, 4.69) is 23.5 Å². The second-order valence-electron chi connectivity index (χ2n) is 3.70. The highest BCUT2D eigenvalue weighted by molar-refractivity contribution is 5.68. The SMILES string of the molecule is N#Cc1ccc(NC2CC=CC2)c(N)c1. The predicted octanol–water partition coefficient (Wildman–Crippen LogP) is 2.27. The summed E-state index contributed by atoms with van der Waals surface area (Å²) in [6.45, 7) is 0. The van der Waals surface area contributed by atoms with Gasteiger partial charge in [-0.25, -0.2) is 0 Å². The van der Waals surface area contributed by atoms with Crippen LogP contribution in [0.1, 0.15) is 18.4 Å². The van der Waals surface area contributed by atoms with E-state index in [1.807, 2.05) is 6.07 Å². The zero-order valence-electron chi connectivity index (χ0n) is 8.40. The second-order valence-corrected chi connectivity index (χ2v) is 3.70. The monoisotopic (exact) mass is 199 g/mol. The van der Waals surface area contributed by atoms with E-state index in [0.29, 0.717) is 17.3 Å². The molecular formula is C12H13N3. The molecule has 0 radical (unpaired) electrons. The van der Waals surface area contributed by atoms with Crippen molar-refractivity contribution in [1.82, 2.24) is 0 Å². The molecule has 2 rings (SSSR count). The van der Waals surface area contributed by atoms with Crippen LogP contribution in [0.25, 0.3) is 0 Å². The fourth-order valence-corrected chi connectivity index (χ4v) is 1.72. The first-order chi connectivity index (χ1) is 7.29. The maximum absolute atomic E-state index is 8.70. The number of rotatable bonds is 2. The van der Waals surface area contributed by atoms with Crippen molar-refractivity contribution in [2.45, 2.75) is 18.9 Å². The van der Waals surface area contributed by atoms with Gasteiger partial charge in [-0.1, -0.05) is 12.2 Å². The van der Waals surface area contributed by atoms with Crippen molar-refractivity contribution in [3.8, 4) is 6.07 Å². The summed E-state index contributed by atoms with van der Waals surface area (Å²) in [6, 6.07) is 7.86. The summed E-state index contributed by atoms with van der Waals surface area (Å²) in [5.41, 5.74) is 8.00. The standard InChI is InChI=1S/C12H13N3/c13-8-9-5-6-12(11(14)7-9)15-10-3-1-2-4-10/h1-2,5-7,10,15H,3-4,14H2. The van der Waals surface area contributed by atoms with E-state index < -0.39 is 0 Å². The minimum absolute atomic E-state index is 0.445. The van der Waals surface area contributed by atoms with Crippen LogP contribution in [0.2, 0.25) is 0 Å². The molecular weight excluding hydrogens is 186 g/mol. The molecule has 3 heteroatoms. The number of benzene rings is 1. The van der Waals surface area contributed by atoms with E-state index in [0.717, 1.165) is 18.5 Å². The molecule has 76 valence electrons. The van der Waals surface area contributed by atoms with E-state index in [1.54, 1.807) is 12.1 Å². The van der Waals surface area contributed by atoms with Crippen LogP contribution in [0.3, 0.4) is 0 Å². The number of nitriles is 1. The number of nitrogens with two attached hydrogens (primary N) is 1. The van der Waals surface area contributed by atoms with Crippen molar-refractivity contribution in [2.24, 2.45) is 0 Å². The van der Waals surface area contributed by atoms with Crippen molar-refractivity contribution in [2.75, 3.05) is 11.1 Å². The van der Waals surface area contributed by atoms with Gasteiger partial charge in [0.2, 0.25) is 0 Å². The van der Waals surface area contributed by atoms with Crippen molar-refractivity contribution >= 4 is 11.4 Å². The normalized spacial score (nSPS) is 15.1. The van der Waals surface area contributed by atoms with E-state index in [9.17, 15) is 0 Å². The van der Waals surface area contributed by atoms with Gasteiger partial charge in [-0.05, 0) is 31.0 Å². The van der Waals surface area contributed by atoms with Crippen LogP contribution in [-0.4, -0.2) is 6.04 Å². The van der Waals surface area contributed by atoms with E-state index in [-0.39, 0.29) is 0 Å². The van der Waals surface area contributed by atoms with Crippen molar-refractivity contribution < 1.29 is 0 Å². The number of anilines is 2. The summed E-state index contributed by atoms with van der Waals surface area (Å²) in [5, 5.41) is 12.1. The number of hydrogen-bond donors (Lipinski definition) is 2. The average Bonchev–Trinajstić information content (AvgIpc) is 2.74. The number of nitrogens with zero attached hydrogens (tertiary/aromatic N) is 1. The molecule has 3 N–H and O–H groups in total. The number of nitrogens with one attached hydrogen (secondary N) is 1. The van der Waals surface area contributed by atoms with Gasteiger partial charge in [0.15, 0.2) is 0 Å². The average molecular weight is 199 g/mol. The Morgan fingerprint density at radius 3 is 2.67 bits per heavy atom. The molecule has 15 heavy (non-hydrogen) atoms. The van der Waals surface area contributed by atoms with E-state index >= 15 is 0 Å². The third-order valence-electron chi connectivity index (χ3n) is 2.55. The molecule has 1 aliphatic rings. The predicted molar refractivity (Wildman–Crippen MR) is 61.4 cm³/mol. The van der Waals surface area contributed by atoms with Gasteiger partial charge in [-0.2, -0.15) is 5.26 Å². The molecule has 0 heterocycles. The molecule has 0 amide bonds. The molecule has 0 aromatic heterocycles. The van der Waals surface area contributed by atoms with Gasteiger partial charge in [0.1, 0.15) is 0 Å². The Hall–Kier alpha value is -1.95. The first-order valence-corrected chi connectivity index (χ1v) is 5.01. The summed E-state index contributed by atoms with van der Waals surface area (Å²) < 4.78 is 0. The van der Waals surface area contributed by atoms with Crippen LogP contribution < -0.4 is 11.1 Å². The molecule has 1 aromatic carbocycles. The summed E-state index contributed by atoms with van der Waals surface area (Å²) in [7, 11) is 0. The second kappa shape index (κ2) is 4.05. The number of hydrogen-bond acceptors (Lipinski definition) is 3. The van der Waals surface area contributed by atoms with Crippen molar-refractivity contribution in [3.05, 3.63) is 35.9 Å². The molecule has 0 bridgehead atoms. The molecule has 0 atom stereocenters. The largest absolute Gasteiger partial charge is 0.397 e. The van der Waals surface area contributed by atoms with Gasteiger partial charge < -0.3 is 11.1 Å². The third kappa shape index (κ3) is 2.10. The molecule has 0 saturated heterocycles. The Morgan fingerprint density at radius 2 is 2.07 bits per heavy atom. The zero-order chi connectivity index (χ0) is 10.7. The smallest absolute Gasteiger partial charge is 0.0992 e. The van der Waals surface area contributed by atoms with Gasteiger partial charge >= 0.3 is 0 Å². The summed E-state index contributed by atoms with van der Waals surface area (Å²) >= 11 is 0. The summed E-state index contributed by atoms with van der Waals surface area (Å²) in [5.74, 6) is 0. The van der Waals surface area contributed by atoms with Gasteiger partial charge in [0, 0.05) is 6.04 Å². The highest BCUT2D eigenvalue weighted by Crippen LogP contribution is 2.23. The Labute approximate surface area is 89.2 Å². The Bertz CT molecular complexity index is 421. The van der Waals surface area contributed by atoms with Gasteiger partial charge in [0.05, 0.1) is 23.0 Å². The van der Waals surface area contributed by atoms with Gasteiger partial charge in [-0.15, -0.1) is 0 Å². The van der Waals surface area contributed by atoms with Gasteiger partial charge in [-0.3, -0.25) is 0 Å². The summed E-state index contributed by atoms with van der Waals surface area (Å²) in [6.07, 6.45) is 6.41. The van der Waals surface area contributed by atoms with E-state index in [1.165, 1.54) is 0 Å². The topological polar surface area (TPSA) is 61.8 Å². The molecule has 1 aliphatic carbocycles. The Balaban J connectivity index is 2.12. The molecule has 0 saturated carbocycles. The lowest BCUT2D eigenvalue weighted by atomic mass is 10.1. The third-order valence-corrected chi connectivity index (χ3v) is 2.55. The fourth-order valence-electron chi connectivity index (χ4n) is 1.72. The molecule has 0 spiro atoms. The Morgan fingerprint density at radius 1 is 1.33 bits per heavy atom. The zero-order valence-corrected chi connectivity index (χ0v) is 8.40. The van der Waals surface area contributed by atoms with Crippen LogP contribution >= 0.6 is 0 Å². The minimum atomic E-state index is 0.445. The molecule has 0 aliphatic heterocycles. The van der Waals surface area contributed by atoms with E-state index in [4.69, 9.17) is 11.0 Å². The highest BCUT2D eigenvalue weighted by Gasteiger charge is 2.10. The van der Waals surface area contributed by atoms with Crippen LogP contribution in [0.4, 0.5) is 11.4 Å². The van der Waals surface area contributed by atoms with Crippen LogP contribution in [0.5, 0.6) is 0 Å². The number of nitrogen functional groups attached to an aromatic ring is 1. The van der Waals surface area contributed by atoms with Crippen LogP contribution in [0, 0.1) is 11.3 Å². The van der Waals surface area contributed by atoms with Crippen LogP contribution in [0.15, 0.2) is 30.4 Å². The molecule has 0 fully saturated rings. The summed E-state index contributed by atoms with van der Waals surface area (Å²) in [4.78, 5) is 0. The molecule has 3 nitrogen and oxygen atoms in total. The highest BCUT2D eigenvalue weighted by atomic mass is 14.9. The fraction of sp³-hybridized carbons (Fsp3) is 0.250. The maximum Gasteiger partial charge on any atom is 0.0992 e. The minimum Gasteiger partial charge on any atom is -0.397 e. The lowest BCUT2D eigenvalue weighted by Crippen LogP contribution is -2.16. The van der Waals surface area contributed by atoms with Crippen molar-refractivity contribution in [3.63, 3.8) is 0 Å². The lowest BCUT2D eigenvalue weighted by Gasteiger charge is -2.15. The maximum atomic E-state index is 8.70. The first-order valence-electron chi connectivity index (χ1n) is 5.01. The lowest BCUT2D eigenvalue weighted by molar-refractivity contribution is 0.787. The van der Waals surface area contributed by atoms with Crippen LogP contribution in [-0.2, 0) is 0 Å². The Kier molecular flexibility index (Phi) is 2.59. The van der Waals surface area contributed by atoms with Gasteiger partial charge in [0.25, 0.3) is 0 Å². The first kappa shape index (κ1) is 9.60.